The molecule has 0 atom stereocenters. The van der Waals surface area contributed by atoms with Crippen molar-refractivity contribution in [3.8, 4) is 5.75 Å². The Morgan fingerprint density at radius 1 is 1.17 bits per heavy atom. The fourth-order valence-corrected chi connectivity index (χ4v) is 3.07. The molecule has 0 unspecified atom stereocenters. The molecule has 0 aliphatic carbocycles. The Morgan fingerprint density at radius 3 is 2.76 bits per heavy atom. The maximum atomic E-state index is 12.2. The van der Waals surface area contributed by atoms with Crippen molar-refractivity contribution >= 4 is 32.3 Å². The van der Waals surface area contributed by atoms with Crippen LogP contribution in [0.25, 0.3) is 10.9 Å². The summed E-state index contributed by atoms with van der Waals surface area (Å²) in [4.78, 5) is 31.4. The second-order valence-electron chi connectivity index (χ2n) is 6.58. The number of anilines is 1. The van der Waals surface area contributed by atoms with Gasteiger partial charge in [0, 0.05) is 30.9 Å². The molecular formula is C20H21N3O5S. The van der Waals surface area contributed by atoms with E-state index in [1.165, 1.54) is 0 Å². The van der Waals surface area contributed by atoms with E-state index in [4.69, 9.17) is 4.74 Å². The average molecular weight is 415 g/mol. The lowest BCUT2D eigenvalue weighted by Gasteiger charge is -2.09. The van der Waals surface area contributed by atoms with Gasteiger partial charge in [0.15, 0.2) is 9.84 Å². The summed E-state index contributed by atoms with van der Waals surface area (Å²) in [6.45, 7) is 0.0389. The molecule has 0 saturated carbocycles. The van der Waals surface area contributed by atoms with E-state index in [1.54, 1.807) is 48.5 Å². The van der Waals surface area contributed by atoms with Crippen molar-refractivity contribution in [2.75, 3.05) is 23.9 Å². The van der Waals surface area contributed by atoms with Gasteiger partial charge in [-0.25, -0.2) is 13.4 Å². The minimum absolute atomic E-state index is 0.0389. The maximum absolute atomic E-state index is 12.2. The predicted octanol–water partition coefficient (Wildman–Crippen LogP) is 1.92. The summed E-state index contributed by atoms with van der Waals surface area (Å²) < 4.78 is 27.7. The quantitative estimate of drug-likeness (QED) is 0.580. The third kappa shape index (κ3) is 6.15. The zero-order valence-corrected chi connectivity index (χ0v) is 16.7. The first-order valence-electron chi connectivity index (χ1n) is 8.98. The summed E-state index contributed by atoms with van der Waals surface area (Å²) >= 11 is 0. The summed E-state index contributed by atoms with van der Waals surface area (Å²) in [6.07, 6.45) is 1.57. The van der Waals surface area contributed by atoms with E-state index >= 15 is 0 Å². The van der Waals surface area contributed by atoms with Gasteiger partial charge in [-0.15, -0.1) is 0 Å². The van der Waals surface area contributed by atoms with E-state index in [0.29, 0.717) is 28.2 Å². The van der Waals surface area contributed by atoms with Crippen molar-refractivity contribution in [1.29, 1.82) is 0 Å². The van der Waals surface area contributed by atoms with Crippen LogP contribution in [0.3, 0.4) is 0 Å². The molecule has 2 N–H and O–H groups in total. The molecule has 29 heavy (non-hydrogen) atoms. The molecule has 152 valence electrons. The number of aromatic nitrogens is 2. The highest BCUT2D eigenvalue weighted by Crippen LogP contribution is 2.18. The van der Waals surface area contributed by atoms with Crippen molar-refractivity contribution in [1.82, 2.24) is 9.97 Å². The highest BCUT2D eigenvalue weighted by atomic mass is 32.2. The smallest absolute Gasteiger partial charge is 0.258 e. The number of aromatic amines is 1. The number of para-hydroxylation sites is 1. The first-order chi connectivity index (χ1) is 13.8. The van der Waals surface area contributed by atoms with Crippen molar-refractivity contribution in [3.63, 3.8) is 0 Å². The van der Waals surface area contributed by atoms with Gasteiger partial charge >= 0.3 is 0 Å². The third-order valence-corrected chi connectivity index (χ3v) is 5.00. The number of sulfone groups is 1. The van der Waals surface area contributed by atoms with E-state index in [-0.39, 0.29) is 36.7 Å². The summed E-state index contributed by atoms with van der Waals surface area (Å²) in [5, 5.41) is 3.26. The number of nitrogens with zero attached hydrogens (tertiary/aromatic N) is 1. The number of benzene rings is 2. The number of carbonyl (C=O) groups excluding carboxylic acids is 1. The van der Waals surface area contributed by atoms with Crippen molar-refractivity contribution in [2.45, 2.75) is 12.8 Å². The highest BCUT2D eigenvalue weighted by Gasteiger charge is 2.08. The number of fused-ring (bicyclic) bond motifs is 1. The fourth-order valence-electron chi connectivity index (χ4n) is 2.68. The Labute approximate surface area is 167 Å². The zero-order valence-electron chi connectivity index (χ0n) is 15.8. The molecule has 9 heteroatoms. The van der Waals surface area contributed by atoms with Gasteiger partial charge < -0.3 is 15.0 Å². The van der Waals surface area contributed by atoms with Gasteiger partial charge in [0.25, 0.3) is 5.56 Å². The Balaban J connectivity index is 1.57. The van der Waals surface area contributed by atoms with Gasteiger partial charge in [0.2, 0.25) is 5.91 Å². The number of carbonyl (C=O) groups is 1. The van der Waals surface area contributed by atoms with E-state index < -0.39 is 9.84 Å². The van der Waals surface area contributed by atoms with E-state index in [1.807, 2.05) is 0 Å². The SMILES string of the molecule is CS(=O)(=O)CCOc1cccc(NC(=O)CCc2nc3ccccc3c(=O)[nH]2)c1. The van der Waals surface area contributed by atoms with Crippen molar-refractivity contribution in [3.05, 3.63) is 64.7 Å². The molecule has 0 bridgehead atoms. The number of nitrogens with one attached hydrogen (secondary N) is 2. The van der Waals surface area contributed by atoms with Crippen LogP contribution in [-0.4, -0.2) is 42.9 Å². The van der Waals surface area contributed by atoms with Gasteiger partial charge in [-0.2, -0.15) is 0 Å². The van der Waals surface area contributed by atoms with Crippen LogP contribution in [0, 0.1) is 0 Å². The Morgan fingerprint density at radius 2 is 1.97 bits per heavy atom. The van der Waals surface area contributed by atoms with Gasteiger partial charge in [0.05, 0.1) is 16.7 Å². The highest BCUT2D eigenvalue weighted by molar-refractivity contribution is 7.90. The molecular weight excluding hydrogens is 394 g/mol. The predicted molar refractivity (Wildman–Crippen MR) is 111 cm³/mol. The first-order valence-corrected chi connectivity index (χ1v) is 11.0. The van der Waals surface area contributed by atoms with Crippen LogP contribution in [0.5, 0.6) is 5.75 Å². The van der Waals surface area contributed by atoms with Gasteiger partial charge in [-0.3, -0.25) is 9.59 Å². The van der Waals surface area contributed by atoms with Gasteiger partial charge in [-0.05, 0) is 24.3 Å². The van der Waals surface area contributed by atoms with E-state index in [2.05, 4.69) is 15.3 Å². The minimum atomic E-state index is -3.10. The Bertz CT molecular complexity index is 1190. The topological polar surface area (TPSA) is 118 Å². The molecule has 1 amide bonds. The van der Waals surface area contributed by atoms with Crippen LogP contribution in [0.1, 0.15) is 12.2 Å². The van der Waals surface area contributed by atoms with Crippen LogP contribution >= 0.6 is 0 Å². The third-order valence-electron chi connectivity index (χ3n) is 4.09. The normalized spacial score (nSPS) is 11.3. The molecule has 0 fully saturated rings. The second kappa shape index (κ2) is 8.87. The summed E-state index contributed by atoms with van der Waals surface area (Å²) in [6, 6.07) is 13.7. The van der Waals surface area contributed by atoms with Crippen LogP contribution in [0.15, 0.2) is 53.3 Å². The van der Waals surface area contributed by atoms with Gasteiger partial charge in [0.1, 0.15) is 18.2 Å². The number of aryl methyl sites for hydroxylation is 1. The number of hydrogen-bond acceptors (Lipinski definition) is 6. The van der Waals surface area contributed by atoms with Crippen molar-refractivity contribution < 1.29 is 17.9 Å². The van der Waals surface area contributed by atoms with Crippen molar-refractivity contribution in [2.24, 2.45) is 0 Å². The fraction of sp³-hybridized carbons (Fsp3) is 0.250. The lowest BCUT2D eigenvalue weighted by Crippen LogP contribution is -2.16. The maximum Gasteiger partial charge on any atom is 0.258 e. The summed E-state index contributed by atoms with van der Waals surface area (Å²) in [5.74, 6) is 0.586. The molecule has 0 aliphatic heterocycles. The summed E-state index contributed by atoms with van der Waals surface area (Å²) in [5.41, 5.74) is 0.891. The summed E-state index contributed by atoms with van der Waals surface area (Å²) in [7, 11) is -3.10. The monoisotopic (exact) mass is 415 g/mol. The molecule has 0 aliphatic rings. The van der Waals surface area contributed by atoms with E-state index in [9.17, 15) is 18.0 Å². The lowest BCUT2D eigenvalue weighted by molar-refractivity contribution is -0.116. The van der Waals surface area contributed by atoms with Crippen LogP contribution in [0.4, 0.5) is 5.69 Å². The van der Waals surface area contributed by atoms with Crippen LogP contribution < -0.4 is 15.6 Å². The Kier molecular flexibility index (Phi) is 6.28. The number of ether oxygens (including phenoxy) is 1. The lowest BCUT2D eigenvalue weighted by atomic mass is 10.2. The number of hydrogen-bond donors (Lipinski definition) is 2. The number of rotatable bonds is 8. The van der Waals surface area contributed by atoms with Crippen LogP contribution in [-0.2, 0) is 21.1 Å². The molecule has 1 aromatic heterocycles. The molecule has 0 spiro atoms. The Hall–Kier alpha value is -3.20. The molecule has 0 radical (unpaired) electrons. The average Bonchev–Trinajstić information content (AvgIpc) is 2.66. The molecule has 8 nitrogen and oxygen atoms in total. The number of amides is 1. The molecule has 3 rings (SSSR count). The zero-order chi connectivity index (χ0) is 20.9. The first kappa shape index (κ1) is 20.5. The molecule has 2 aromatic carbocycles. The number of H-pyrrole nitrogens is 1. The van der Waals surface area contributed by atoms with Gasteiger partial charge in [-0.1, -0.05) is 18.2 Å². The second-order valence-corrected chi connectivity index (χ2v) is 8.84. The minimum Gasteiger partial charge on any atom is -0.492 e. The largest absolute Gasteiger partial charge is 0.492 e. The van der Waals surface area contributed by atoms with E-state index in [0.717, 1.165) is 6.26 Å². The molecule has 1 heterocycles. The standard InChI is InChI=1S/C20H21N3O5S/c1-29(26,27)12-11-28-15-6-4-5-14(13-15)21-19(24)10-9-18-22-17-8-3-2-7-16(17)20(25)23-18/h2-8,13H,9-12H2,1H3,(H,21,24)(H,22,23,25). The van der Waals surface area contributed by atoms with Crippen LogP contribution in [0.2, 0.25) is 0 Å². The molecule has 3 aromatic rings. The molecule has 0 saturated heterocycles.